The lowest BCUT2D eigenvalue weighted by Crippen LogP contribution is -2.48. The number of ether oxygens (including phenoxy) is 1. The number of carbonyl (C=O) groups excluding carboxylic acids is 1. The van der Waals surface area contributed by atoms with Crippen LogP contribution in [0.3, 0.4) is 0 Å². The van der Waals surface area contributed by atoms with Gasteiger partial charge in [0, 0.05) is 6.07 Å². The van der Waals surface area contributed by atoms with Gasteiger partial charge in [0.1, 0.15) is 0 Å². The van der Waals surface area contributed by atoms with Crippen molar-refractivity contribution in [2.24, 2.45) is 22.4 Å². The molecule has 0 spiro atoms. The Kier molecular flexibility index (Phi) is 4.57. The van der Waals surface area contributed by atoms with Crippen LogP contribution in [0, 0.1) is 27.4 Å². The molecule has 4 rings (SSSR count). The van der Waals surface area contributed by atoms with Gasteiger partial charge in [-0.15, -0.1) is 0 Å². The maximum Gasteiger partial charge on any atom is 0.310 e. The van der Waals surface area contributed by atoms with E-state index in [0.717, 1.165) is 17.9 Å². The zero-order chi connectivity index (χ0) is 18.0. The molecule has 2 bridgehead atoms. The fourth-order valence-electron chi connectivity index (χ4n) is 3.63. The van der Waals surface area contributed by atoms with Crippen LogP contribution >= 0.6 is 0 Å². The first-order valence-electron chi connectivity index (χ1n) is 8.27. The number of rotatable bonds is 6. The van der Waals surface area contributed by atoms with Crippen LogP contribution < -0.4 is 10.2 Å². The monoisotopic (exact) mass is 343 g/mol. The molecular weight excluding hydrogens is 322 g/mol. The van der Waals surface area contributed by atoms with Crippen molar-refractivity contribution in [1.82, 2.24) is 5.43 Å². The number of hydrogen-bond donors (Lipinski definition) is 1. The summed E-state index contributed by atoms with van der Waals surface area (Å²) in [5, 5.41) is 14.9. The molecule has 1 aromatic carbocycles. The number of allylic oxidation sites excluding steroid dienone is 2. The molecule has 1 N–H and O–H groups in total. The number of benzene rings is 1. The van der Waals surface area contributed by atoms with E-state index in [2.05, 4.69) is 30.5 Å². The molecule has 1 fully saturated rings. The van der Waals surface area contributed by atoms with Gasteiger partial charge in [-0.25, -0.2) is 5.43 Å². The molecule has 3 aliphatic rings. The zero-order valence-electron chi connectivity index (χ0n) is 14.3. The van der Waals surface area contributed by atoms with Crippen LogP contribution in [0.5, 0.6) is 5.75 Å². The molecule has 0 aliphatic heterocycles. The summed E-state index contributed by atoms with van der Waals surface area (Å²) in [6, 6.07) is 5.94. The number of nitrogens with one attached hydrogen (secondary N) is 1. The Hall–Kier alpha value is -2.70. The predicted molar refractivity (Wildman–Crippen MR) is 93.3 cm³/mol. The number of nitro benzene ring substituents is 1. The predicted octanol–water partition coefficient (Wildman–Crippen LogP) is 3.07. The van der Waals surface area contributed by atoms with Gasteiger partial charge in [0.15, 0.2) is 12.4 Å². The Labute approximate surface area is 145 Å². The Morgan fingerprint density at radius 1 is 1.48 bits per heavy atom. The maximum absolute atomic E-state index is 11.8. The Bertz CT molecular complexity index is 754. The first-order valence-corrected chi connectivity index (χ1v) is 8.27. The summed E-state index contributed by atoms with van der Waals surface area (Å²) in [5.41, 5.74) is 3.70. The van der Waals surface area contributed by atoms with Crippen LogP contribution in [-0.2, 0) is 4.79 Å². The maximum atomic E-state index is 11.8. The summed E-state index contributed by atoms with van der Waals surface area (Å²) in [5.74, 6) is 0.842. The van der Waals surface area contributed by atoms with Crippen LogP contribution in [0.25, 0.3) is 0 Å². The molecule has 0 radical (unpaired) electrons. The van der Waals surface area contributed by atoms with Crippen molar-refractivity contribution < 1.29 is 14.5 Å². The normalized spacial score (nSPS) is 23.5. The van der Waals surface area contributed by atoms with Crippen LogP contribution in [-0.4, -0.2) is 23.7 Å². The molecule has 0 heterocycles. The molecule has 3 aliphatic carbocycles. The van der Waals surface area contributed by atoms with Gasteiger partial charge in [-0.1, -0.05) is 32.1 Å². The second kappa shape index (κ2) is 6.66. The fraction of sp³-hybridized carbons (Fsp3) is 0.444. The molecule has 1 aromatic rings. The third kappa shape index (κ3) is 3.40. The molecule has 7 heteroatoms. The van der Waals surface area contributed by atoms with Gasteiger partial charge in [0.2, 0.25) is 0 Å². The molecule has 0 saturated heterocycles. The zero-order valence-corrected chi connectivity index (χ0v) is 14.3. The number of hydrogen-bond acceptors (Lipinski definition) is 5. The molecule has 1 saturated carbocycles. The van der Waals surface area contributed by atoms with E-state index in [1.165, 1.54) is 18.6 Å². The van der Waals surface area contributed by atoms with E-state index in [0.29, 0.717) is 11.3 Å². The van der Waals surface area contributed by atoms with Crippen LogP contribution in [0.2, 0.25) is 0 Å². The van der Waals surface area contributed by atoms with E-state index in [1.807, 2.05) is 0 Å². The molecule has 2 atom stereocenters. The molecule has 1 amide bonds. The number of fused-ring (bicyclic) bond motifs is 1. The van der Waals surface area contributed by atoms with E-state index in [9.17, 15) is 14.9 Å². The number of amides is 1. The van der Waals surface area contributed by atoms with Crippen LogP contribution in [0.4, 0.5) is 5.69 Å². The molecule has 7 nitrogen and oxygen atoms in total. The Morgan fingerprint density at radius 2 is 2.24 bits per heavy atom. The van der Waals surface area contributed by atoms with Gasteiger partial charge in [-0.3, -0.25) is 14.9 Å². The molecule has 25 heavy (non-hydrogen) atoms. The highest BCUT2D eigenvalue weighted by molar-refractivity contribution is 5.83. The highest BCUT2D eigenvalue weighted by atomic mass is 16.6. The van der Waals surface area contributed by atoms with Crippen molar-refractivity contribution in [3.63, 3.8) is 0 Å². The minimum atomic E-state index is -0.547. The van der Waals surface area contributed by atoms with Crippen molar-refractivity contribution in [3.05, 3.63) is 46.0 Å². The third-order valence-corrected chi connectivity index (χ3v) is 5.33. The fourth-order valence-corrected chi connectivity index (χ4v) is 3.63. The summed E-state index contributed by atoms with van der Waals surface area (Å²) in [7, 11) is 0. The quantitative estimate of drug-likeness (QED) is 0.488. The van der Waals surface area contributed by atoms with Gasteiger partial charge < -0.3 is 4.74 Å². The summed E-state index contributed by atoms with van der Waals surface area (Å²) < 4.78 is 5.22. The lowest BCUT2D eigenvalue weighted by molar-refractivity contribution is -0.385. The highest BCUT2D eigenvalue weighted by Gasteiger charge is 2.50. The van der Waals surface area contributed by atoms with Crippen LogP contribution in [0.1, 0.15) is 26.7 Å². The van der Waals surface area contributed by atoms with Crippen molar-refractivity contribution in [1.29, 1.82) is 0 Å². The van der Waals surface area contributed by atoms with E-state index < -0.39 is 10.8 Å². The topological polar surface area (TPSA) is 93.8 Å². The standard InChI is InChI=1S/C18H21N3O4/c1-18(2)13-8-7-12(14(18)9-13)10-19-20-17(22)11-25-16-6-4-3-5-15(16)21(23)24/h3-7,10,13-14H,8-9,11H2,1-2H3,(H,20,22)/t13-,14+/m0/s1. The summed E-state index contributed by atoms with van der Waals surface area (Å²) >= 11 is 0. The first kappa shape index (κ1) is 17.1. The van der Waals surface area contributed by atoms with Gasteiger partial charge in [-0.2, -0.15) is 5.10 Å². The number of nitro groups is 1. The number of para-hydroxylation sites is 2. The second-order valence-corrected chi connectivity index (χ2v) is 7.05. The van der Waals surface area contributed by atoms with Crippen LogP contribution in [0.15, 0.2) is 41.0 Å². The number of nitrogens with zero attached hydrogens (tertiary/aromatic N) is 2. The van der Waals surface area contributed by atoms with E-state index in [4.69, 9.17) is 4.74 Å². The lowest BCUT2D eigenvalue weighted by Gasteiger charge is -2.55. The average molecular weight is 343 g/mol. The summed E-state index contributed by atoms with van der Waals surface area (Å²) in [4.78, 5) is 22.2. The average Bonchev–Trinajstić information content (AvgIpc) is 2.60. The Morgan fingerprint density at radius 3 is 2.92 bits per heavy atom. The van der Waals surface area contributed by atoms with Crippen molar-refractivity contribution in [2.75, 3.05) is 6.61 Å². The van der Waals surface area contributed by atoms with Gasteiger partial charge in [0.05, 0.1) is 11.1 Å². The summed E-state index contributed by atoms with van der Waals surface area (Å²) in [6.07, 6.45) is 6.12. The second-order valence-electron chi connectivity index (χ2n) is 7.05. The largest absolute Gasteiger partial charge is 0.477 e. The SMILES string of the molecule is CC1(C)[C@H]2CC=C(C=NNC(=O)COc3ccccc3[N+](=O)[O-])[C@H]1C2. The van der Waals surface area contributed by atoms with Crippen molar-refractivity contribution in [2.45, 2.75) is 26.7 Å². The van der Waals surface area contributed by atoms with Gasteiger partial charge >= 0.3 is 5.69 Å². The van der Waals surface area contributed by atoms with E-state index in [1.54, 1.807) is 18.3 Å². The molecule has 0 unspecified atom stereocenters. The minimum absolute atomic E-state index is 0.0591. The van der Waals surface area contributed by atoms with Gasteiger partial charge in [0.25, 0.3) is 5.91 Å². The number of carbonyl (C=O) groups is 1. The van der Waals surface area contributed by atoms with Crippen molar-refractivity contribution >= 4 is 17.8 Å². The first-order chi connectivity index (χ1) is 11.9. The van der Waals surface area contributed by atoms with Gasteiger partial charge in [-0.05, 0) is 41.7 Å². The minimum Gasteiger partial charge on any atom is -0.477 e. The highest BCUT2D eigenvalue weighted by Crippen LogP contribution is 2.58. The number of hydrazone groups is 1. The smallest absolute Gasteiger partial charge is 0.310 e. The summed E-state index contributed by atoms with van der Waals surface area (Å²) in [6.45, 7) is 4.20. The molecule has 132 valence electrons. The molecule has 0 aromatic heterocycles. The lowest BCUT2D eigenvalue weighted by atomic mass is 9.49. The Balaban J connectivity index is 1.51. The van der Waals surface area contributed by atoms with Crippen molar-refractivity contribution in [3.8, 4) is 5.75 Å². The molecular formula is C18H21N3O4. The third-order valence-electron chi connectivity index (χ3n) is 5.33. The van der Waals surface area contributed by atoms with E-state index in [-0.39, 0.29) is 18.0 Å². The van der Waals surface area contributed by atoms with E-state index >= 15 is 0 Å².